The minimum atomic E-state index is 0.185. The topological polar surface area (TPSA) is 35.6 Å². The first-order valence-electron chi connectivity index (χ1n) is 6.34. The number of aryl methyl sites for hydroxylation is 1. The molecule has 1 fully saturated rings. The van der Waals surface area contributed by atoms with Crippen molar-refractivity contribution in [3.63, 3.8) is 0 Å². The van der Waals surface area contributed by atoms with Crippen molar-refractivity contribution in [1.82, 2.24) is 10.2 Å². The summed E-state index contributed by atoms with van der Waals surface area (Å²) in [6.45, 7) is 4.27. The lowest BCUT2D eigenvalue weighted by Crippen LogP contribution is -2.57. The number of rotatable bonds is 3. The van der Waals surface area contributed by atoms with Crippen LogP contribution in [-0.2, 0) is 4.79 Å². The summed E-state index contributed by atoms with van der Waals surface area (Å²) in [6, 6.07) is 8.46. The minimum Gasteiger partial charge on any atom is -0.360 e. The van der Waals surface area contributed by atoms with Gasteiger partial charge in [-0.2, -0.15) is 0 Å². The molecule has 2 rings (SSSR count). The zero-order valence-electron chi connectivity index (χ0n) is 11.3. The van der Waals surface area contributed by atoms with E-state index in [1.54, 1.807) is 0 Å². The highest BCUT2D eigenvalue weighted by atomic mass is 16.2. The van der Waals surface area contributed by atoms with Crippen molar-refractivity contribution in [2.75, 3.05) is 38.6 Å². The van der Waals surface area contributed by atoms with Crippen LogP contribution < -0.4 is 10.2 Å². The third-order valence-electron chi connectivity index (χ3n) is 3.59. The van der Waals surface area contributed by atoms with Crippen LogP contribution in [0.2, 0.25) is 0 Å². The standard InChI is InChI=1S/C14H21N3O/c1-11-6-4-5-7-13(11)17-9-12(8-15-2)16(3)14(18)10-17/h4-7,12,15H,8-10H2,1-3H3. The maximum absolute atomic E-state index is 12.0. The largest absolute Gasteiger partial charge is 0.360 e. The van der Waals surface area contributed by atoms with Crippen LogP contribution in [0.15, 0.2) is 24.3 Å². The molecule has 1 N–H and O–H groups in total. The highest BCUT2D eigenvalue weighted by molar-refractivity contribution is 5.83. The van der Waals surface area contributed by atoms with Gasteiger partial charge in [-0.1, -0.05) is 18.2 Å². The molecular formula is C14H21N3O. The van der Waals surface area contributed by atoms with Crippen LogP contribution in [0.25, 0.3) is 0 Å². The minimum absolute atomic E-state index is 0.185. The average Bonchev–Trinajstić information content (AvgIpc) is 2.35. The number of hydrogen-bond donors (Lipinski definition) is 1. The van der Waals surface area contributed by atoms with Gasteiger partial charge in [0.1, 0.15) is 0 Å². The number of hydrogen-bond acceptors (Lipinski definition) is 3. The Kier molecular flexibility index (Phi) is 3.87. The first-order valence-corrected chi connectivity index (χ1v) is 6.34. The molecule has 1 aromatic rings. The predicted molar refractivity (Wildman–Crippen MR) is 73.9 cm³/mol. The Morgan fingerprint density at radius 2 is 2.11 bits per heavy atom. The first-order chi connectivity index (χ1) is 8.63. The molecule has 1 saturated heterocycles. The third-order valence-corrected chi connectivity index (χ3v) is 3.59. The van der Waals surface area contributed by atoms with E-state index in [9.17, 15) is 4.79 Å². The van der Waals surface area contributed by atoms with Gasteiger partial charge in [-0.05, 0) is 25.6 Å². The molecule has 1 aliphatic heterocycles. The summed E-state index contributed by atoms with van der Waals surface area (Å²) in [5.74, 6) is 0.185. The molecule has 18 heavy (non-hydrogen) atoms. The Hall–Kier alpha value is -1.55. The van der Waals surface area contributed by atoms with Gasteiger partial charge < -0.3 is 15.1 Å². The van der Waals surface area contributed by atoms with Crippen molar-refractivity contribution >= 4 is 11.6 Å². The van der Waals surface area contributed by atoms with Crippen LogP contribution in [-0.4, -0.2) is 50.6 Å². The van der Waals surface area contributed by atoms with E-state index in [2.05, 4.69) is 29.3 Å². The fourth-order valence-corrected chi connectivity index (χ4v) is 2.46. The van der Waals surface area contributed by atoms with Gasteiger partial charge in [-0.3, -0.25) is 4.79 Å². The molecule has 0 aromatic heterocycles. The summed E-state index contributed by atoms with van der Waals surface area (Å²) < 4.78 is 0. The lowest BCUT2D eigenvalue weighted by atomic mass is 10.1. The van der Waals surface area contributed by atoms with Crippen molar-refractivity contribution < 1.29 is 4.79 Å². The van der Waals surface area contributed by atoms with E-state index >= 15 is 0 Å². The van der Waals surface area contributed by atoms with E-state index in [0.717, 1.165) is 13.1 Å². The van der Waals surface area contributed by atoms with Crippen LogP contribution in [0.5, 0.6) is 0 Å². The SMILES string of the molecule is CNCC1CN(c2ccccc2C)CC(=O)N1C. The van der Waals surface area contributed by atoms with Gasteiger partial charge in [0.25, 0.3) is 0 Å². The molecule has 1 aromatic carbocycles. The molecule has 1 amide bonds. The van der Waals surface area contributed by atoms with E-state index in [4.69, 9.17) is 0 Å². The molecule has 1 heterocycles. The summed E-state index contributed by atoms with van der Waals surface area (Å²) in [7, 11) is 3.81. The van der Waals surface area contributed by atoms with Crippen LogP contribution in [0.4, 0.5) is 5.69 Å². The summed E-state index contributed by atoms with van der Waals surface area (Å²) in [5, 5.41) is 3.15. The highest BCUT2D eigenvalue weighted by Gasteiger charge is 2.29. The van der Waals surface area contributed by atoms with Gasteiger partial charge in [-0.15, -0.1) is 0 Å². The van der Waals surface area contributed by atoms with Crippen molar-refractivity contribution in [3.8, 4) is 0 Å². The molecule has 4 heteroatoms. The Bertz CT molecular complexity index is 433. The highest BCUT2D eigenvalue weighted by Crippen LogP contribution is 2.22. The second-order valence-electron chi connectivity index (χ2n) is 4.88. The van der Waals surface area contributed by atoms with E-state index in [0.29, 0.717) is 6.54 Å². The molecule has 0 bridgehead atoms. The van der Waals surface area contributed by atoms with Gasteiger partial charge in [0.2, 0.25) is 5.91 Å². The van der Waals surface area contributed by atoms with Crippen LogP contribution in [0.3, 0.4) is 0 Å². The van der Waals surface area contributed by atoms with Crippen molar-refractivity contribution in [2.24, 2.45) is 0 Å². The molecule has 1 atom stereocenters. The lowest BCUT2D eigenvalue weighted by Gasteiger charge is -2.40. The van der Waals surface area contributed by atoms with Gasteiger partial charge in [-0.25, -0.2) is 0 Å². The smallest absolute Gasteiger partial charge is 0.242 e. The number of nitrogens with zero attached hydrogens (tertiary/aromatic N) is 2. The summed E-state index contributed by atoms with van der Waals surface area (Å²) >= 11 is 0. The Balaban J connectivity index is 2.20. The second kappa shape index (κ2) is 5.40. The molecule has 0 saturated carbocycles. The maximum atomic E-state index is 12.0. The number of amides is 1. The molecule has 0 spiro atoms. The van der Waals surface area contributed by atoms with Crippen molar-refractivity contribution in [3.05, 3.63) is 29.8 Å². The molecule has 1 unspecified atom stereocenters. The molecule has 98 valence electrons. The Morgan fingerprint density at radius 3 is 2.78 bits per heavy atom. The number of carbonyl (C=O) groups excluding carboxylic acids is 1. The van der Waals surface area contributed by atoms with E-state index < -0.39 is 0 Å². The lowest BCUT2D eigenvalue weighted by molar-refractivity contribution is -0.131. The number of carbonyl (C=O) groups is 1. The van der Waals surface area contributed by atoms with E-state index in [-0.39, 0.29) is 11.9 Å². The zero-order valence-corrected chi connectivity index (χ0v) is 11.3. The van der Waals surface area contributed by atoms with Crippen LogP contribution in [0.1, 0.15) is 5.56 Å². The van der Waals surface area contributed by atoms with Gasteiger partial charge in [0.15, 0.2) is 0 Å². The molecular weight excluding hydrogens is 226 g/mol. The quantitative estimate of drug-likeness (QED) is 0.860. The van der Waals surface area contributed by atoms with Gasteiger partial charge in [0, 0.05) is 25.8 Å². The van der Waals surface area contributed by atoms with Gasteiger partial charge in [0.05, 0.1) is 12.6 Å². The first kappa shape index (κ1) is 12.9. The molecule has 0 radical (unpaired) electrons. The Labute approximate surface area is 109 Å². The number of piperazine rings is 1. The fourth-order valence-electron chi connectivity index (χ4n) is 2.46. The van der Waals surface area contributed by atoms with E-state index in [1.807, 2.05) is 31.1 Å². The maximum Gasteiger partial charge on any atom is 0.242 e. The number of nitrogens with one attached hydrogen (secondary N) is 1. The molecule has 4 nitrogen and oxygen atoms in total. The van der Waals surface area contributed by atoms with Crippen LogP contribution in [0, 0.1) is 6.92 Å². The predicted octanol–water partition coefficient (Wildman–Crippen LogP) is 0.861. The molecule has 0 aliphatic carbocycles. The summed E-state index contributed by atoms with van der Waals surface area (Å²) in [4.78, 5) is 16.1. The second-order valence-corrected chi connectivity index (χ2v) is 4.88. The Morgan fingerprint density at radius 1 is 1.39 bits per heavy atom. The fraction of sp³-hybridized carbons (Fsp3) is 0.500. The normalized spacial score (nSPS) is 20.4. The number of para-hydroxylation sites is 1. The molecule has 1 aliphatic rings. The van der Waals surface area contributed by atoms with Crippen molar-refractivity contribution in [2.45, 2.75) is 13.0 Å². The number of benzene rings is 1. The summed E-state index contributed by atoms with van der Waals surface area (Å²) in [5.41, 5.74) is 2.39. The van der Waals surface area contributed by atoms with Crippen LogP contribution >= 0.6 is 0 Å². The number of likely N-dealkylation sites (N-methyl/N-ethyl adjacent to an activating group) is 2. The number of anilines is 1. The van der Waals surface area contributed by atoms with Gasteiger partial charge >= 0.3 is 0 Å². The monoisotopic (exact) mass is 247 g/mol. The van der Waals surface area contributed by atoms with Crippen molar-refractivity contribution in [1.29, 1.82) is 0 Å². The summed E-state index contributed by atoms with van der Waals surface area (Å²) in [6.07, 6.45) is 0. The zero-order chi connectivity index (χ0) is 13.1. The average molecular weight is 247 g/mol. The van der Waals surface area contributed by atoms with E-state index in [1.165, 1.54) is 11.3 Å². The third kappa shape index (κ3) is 2.48.